The summed E-state index contributed by atoms with van der Waals surface area (Å²) in [4.78, 5) is 2.79. The van der Waals surface area contributed by atoms with E-state index in [1.807, 2.05) is 11.3 Å². The molecular weight excluding hydrogens is 294 g/mol. The van der Waals surface area contributed by atoms with Gasteiger partial charge in [-0.1, -0.05) is 15.9 Å². The fourth-order valence-electron chi connectivity index (χ4n) is 1.87. The first-order valence-corrected chi connectivity index (χ1v) is 7.23. The van der Waals surface area contributed by atoms with Crippen molar-refractivity contribution in [3.8, 4) is 0 Å². The zero-order valence-electron chi connectivity index (χ0n) is 10.3. The highest BCUT2D eigenvalue weighted by Gasteiger charge is 2.03. The Kier molecular flexibility index (Phi) is 3.89. The van der Waals surface area contributed by atoms with E-state index in [1.165, 1.54) is 26.6 Å². The first-order chi connectivity index (χ1) is 8.06. The minimum atomic E-state index is 0.901. The standard InChI is InChI=1S/C14H16BrNS/c1-9-6-13(15)4-5-14(9)16-8-12-7-10(2)17-11(12)3/h4-7,16H,8H2,1-3H3. The van der Waals surface area contributed by atoms with Crippen LogP contribution in [0.15, 0.2) is 28.7 Å². The maximum atomic E-state index is 3.50. The van der Waals surface area contributed by atoms with Crippen molar-refractivity contribution in [1.29, 1.82) is 0 Å². The summed E-state index contributed by atoms with van der Waals surface area (Å²) in [6.07, 6.45) is 0. The molecule has 0 aliphatic heterocycles. The summed E-state index contributed by atoms with van der Waals surface area (Å²) in [5.41, 5.74) is 3.87. The average molecular weight is 310 g/mol. The van der Waals surface area contributed by atoms with Crippen LogP contribution in [0.3, 0.4) is 0 Å². The van der Waals surface area contributed by atoms with Gasteiger partial charge in [-0.15, -0.1) is 11.3 Å². The van der Waals surface area contributed by atoms with Crippen LogP contribution in [0.2, 0.25) is 0 Å². The van der Waals surface area contributed by atoms with Gasteiger partial charge in [0.05, 0.1) is 0 Å². The van der Waals surface area contributed by atoms with Gasteiger partial charge in [-0.25, -0.2) is 0 Å². The zero-order valence-corrected chi connectivity index (χ0v) is 12.7. The number of benzene rings is 1. The molecule has 2 rings (SSSR count). The zero-order chi connectivity index (χ0) is 12.4. The van der Waals surface area contributed by atoms with Gasteiger partial charge in [-0.2, -0.15) is 0 Å². The number of rotatable bonds is 3. The van der Waals surface area contributed by atoms with Crippen molar-refractivity contribution >= 4 is 33.0 Å². The lowest BCUT2D eigenvalue weighted by Crippen LogP contribution is -2.00. The lowest BCUT2D eigenvalue weighted by molar-refractivity contribution is 1.13. The van der Waals surface area contributed by atoms with Crippen LogP contribution in [0.5, 0.6) is 0 Å². The van der Waals surface area contributed by atoms with Crippen LogP contribution in [0.1, 0.15) is 20.9 Å². The first-order valence-electron chi connectivity index (χ1n) is 5.62. The number of hydrogen-bond acceptors (Lipinski definition) is 2. The van der Waals surface area contributed by atoms with Gasteiger partial charge in [0.1, 0.15) is 0 Å². The summed E-state index contributed by atoms with van der Waals surface area (Å²) >= 11 is 5.34. The summed E-state index contributed by atoms with van der Waals surface area (Å²) in [7, 11) is 0. The molecule has 0 amide bonds. The lowest BCUT2D eigenvalue weighted by Gasteiger charge is -2.09. The molecule has 1 nitrogen and oxygen atoms in total. The lowest BCUT2D eigenvalue weighted by atomic mass is 10.2. The fraction of sp³-hybridized carbons (Fsp3) is 0.286. The maximum Gasteiger partial charge on any atom is 0.0411 e. The van der Waals surface area contributed by atoms with Crippen molar-refractivity contribution in [2.75, 3.05) is 5.32 Å². The molecule has 0 saturated heterocycles. The molecule has 0 unspecified atom stereocenters. The summed E-state index contributed by atoms with van der Waals surface area (Å²) in [5.74, 6) is 0. The predicted octanol–water partition coefficient (Wildman–Crippen LogP) is 5.05. The molecule has 17 heavy (non-hydrogen) atoms. The van der Waals surface area contributed by atoms with Gasteiger partial charge < -0.3 is 5.32 Å². The summed E-state index contributed by atoms with van der Waals surface area (Å²) in [6, 6.07) is 8.59. The molecule has 90 valence electrons. The van der Waals surface area contributed by atoms with Gasteiger partial charge in [0.25, 0.3) is 0 Å². The summed E-state index contributed by atoms with van der Waals surface area (Å²) in [6.45, 7) is 7.37. The highest BCUT2D eigenvalue weighted by Crippen LogP contribution is 2.24. The molecule has 0 radical (unpaired) electrons. The maximum absolute atomic E-state index is 3.50. The van der Waals surface area contributed by atoms with Crippen LogP contribution in [0.4, 0.5) is 5.69 Å². The number of aryl methyl sites for hydroxylation is 3. The Hall–Kier alpha value is -0.800. The van der Waals surface area contributed by atoms with E-state index in [2.05, 4.69) is 66.3 Å². The van der Waals surface area contributed by atoms with Crippen LogP contribution >= 0.6 is 27.3 Å². The predicted molar refractivity (Wildman–Crippen MR) is 80.0 cm³/mol. The van der Waals surface area contributed by atoms with Gasteiger partial charge in [0.15, 0.2) is 0 Å². The monoisotopic (exact) mass is 309 g/mol. The van der Waals surface area contributed by atoms with Crippen LogP contribution in [-0.2, 0) is 6.54 Å². The first kappa shape index (κ1) is 12.7. The second-order valence-corrected chi connectivity index (χ2v) is 6.63. The number of nitrogens with one attached hydrogen (secondary N) is 1. The molecule has 0 spiro atoms. The highest BCUT2D eigenvalue weighted by molar-refractivity contribution is 9.10. The molecule has 0 bridgehead atoms. The van der Waals surface area contributed by atoms with E-state index in [-0.39, 0.29) is 0 Å². The minimum Gasteiger partial charge on any atom is -0.381 e. The number of anilines is 1. The van der Waals surface area contributed by atoms with Crippen molar-refractivity contribution in [1.82, 2.24) is 0 Å². The van der Waals surface area contributed by atoms with Gasteiger partial charge >= 0.3 is 0 Å². The van der Waals surface area contributed by atoms with E-state index in [1.54, 1.807) is 0 Å². The molecule has 0 aliphatic rings. The molecule has 0 atom stereocenters. The SMILES string of the molecule is Cc1cc(CNc2ccc(Br)cc2C)c(C)s1. The molecule has 0 fully saturated rings. The van der Waals surface area contributed by atoms with Gasteiger partial charge in [-0.05, 0) is 56.2 Å². The van der Waals surface area contributed by atoms with Crippen LogP contribution in [0.25, 0.3) is 0 Å². The number of halogens is 1. The molecular formula is C14H16BrNS. The van der Waals surface area contributed by atoms with E-state index < -0.39 is 0 Å². The summed E-state index contributed by atoms with van der Waals surface area (Å²) in [5, 5.41) is 3.50. The van der Waals surface area contributed by atoms with Crippen molar-refractivity contribution < 1.29 is 0 Å². The quantitative estimate of drug-likeness (QED) is 0.836. The van der Waals surface area contributed by atoms with Gasteiger partial charge in [0, 0.05) is 26.5 Å². The van der Waals surface area contributed by atoms with Crippen molar-refractivity contribution in [2.45, 2.75) is 27.3 Å². The molecule has 2 aromatic rings. The van der Waals surface area contributed by atoms with Crippen LogP contribution in [-0.4, -0.2) is 0 Å². The second-order valence-electron chi connectivity index (χ2n) is 4.25. The van der Waals surface area contributed by atoms with E-state index in [4.69, 9.17) is 0 Å². The number of hydrogen-bond donors (Lipinski definition) is 1. The molecule has 1 heterocycles. The van der Waals surface area contributed by atoms with Crippen molar-refractivity contribution in [2.24, 2.45) is 0 Å². The van der Waals surface area contributed by atoms with Crippen LogP contribution < -0.4 is 5.32 Å². The minimum absolute atomic E-state index is 0.901. The highest BCUT2D eigenvalue weighted by atomic mass is 79.9. The smallest absolute Gasteiger partial charge is 0.0411 e. The second kappa shape index (κ2) is 5.23. The Balaban J connectivity index is 2.10. The van der Waals surface area contributed by atoms with E-state index in [9.17, 15) is 0 Å². The molecule has 0 aliphatic carbocycles. The third-order valence-corrected chi connectivity index (χ3v) is 4.30. The Morgan fingerprint density at radius 1 is 1.18 bits per heavy atom. The Morgan fingerprint density at radius 3 is 2.53 bits per heavy atom. The van der Waals surface area contributed by atoms with Gasteiger partial charge in [0.2, 0.25) is 0 Å². The van der Waals surface area contributed by atoms with E-state index in [0.29, 0.717) is 0 Å². The normalized spacial score (nSPS) is 10.6. The Bertz CT molecular complexity index is 531. The topological polar surface area (TPSA) is 12.0 Å². The van der Waals surface area contributed by atoms with Crippen molar-refractivity contribution in [3.63, 3.8) is 0 Å². The van der Waals surface area contributed by atoms with Crippen molar-refractivity contribution in [3.05, 3.63) is 49.6 Å². The summed E-state index contributed by atoms with van der Waals surface area (Å²) < 4.78 is 1.13. The number of thiophene rings is 1. The average Bonchev–Trinajstić information content (AvgIpc) is 2.56. The Labute approximate surface area is 115 Å². The molecule has 1 aromatic heterocycles. The molecule has 1 aromatic carbocycles. The fourth-order valence-corrected chi connectivity index (χ4v) is 3.30. The van der Waals surface area contributed by atoms with E-state index in [0.717, 1.165) is 11.0 Å². The van der Waals surface area contributed by atoms with Gasteiger partial charge in [-0.3, -0.25) is 0 Å². The van der Waals surface area contributed by atoms with Crippen LogP contribution in [0, 0.1) is 20.8 Å². The largest absolute Gasteiger partial charge is 0.381 e. The third kappa shape index (κ3) is 3.11. The third-order valence-electron chi connectivity index (χ3n) is 2.80. The van der Waals surface area contributed by atoms with E-state index >= 15 is 0 Å². The Morgan fingerprint density at radius 2 is 1.94 bits per heavy atom. The molecule has 1 N–H and O–H groups in total. The molecule has 3 heteroatoms. The molecule has 0 saturated carbocycles.